The van der Waals surface area contributed by atoms with E-state index in [1.54, 1.807) is 6.20 Å². The number of allylic oxidation sites excluding steroid dienone is 2. The van der Waals surface area contributed by atoms with Gasteiger partial charge in [0.1, 0.15) is 0 Å². The van der Waals surface area contributed by atoms with Crippen molar-refractivity contribution in [3.05, 3.63) is 24.6 Å². The lowest BCUT2D eigenvalue weighted by atomic mass is 9.82. The van der Waals surface area contributed by atoms with Gasteiger partial charge >= 0.3 is 0 Å². The lowest BCUT2D eigenvalue weighted by molar-refractivity contribution is 0.283. The fraction of sp³-hybridized carbons (Fsp3) is 0.692. The monoisotopic (exact) mass is 195 g/mol. The number of nitrogens with one attached hydrogen (secondary N) is 1. The van der Waals surface area contributed by atoms with Crippen LogP contribution in [-0.2, 0) is 0 Å². The number of hydrogen-bond acceptors (Lipinski definition) is 1. The van der Waals surface area contributed by atoms with Gasteiger partial charge in [-0.3, -0.25) is 0 Å². The van der Waals surface area contributed by atoms with E-state index in [1.165, 1.54) is 5.70 Å². The van der Waals surface area contributed by atoms with Crippen molar-refractivity contribution in [2.24, 2.45) is 17.8 Å². The SMILES string of the molecule is C=CN/C(=C\C)CC(C(C)C)C(C)C. The summed E-state index contributed by atoms with van der Waals surface area (Å²) in [4.78, 5) is 0. The first-order chi connectivity index (χ1) is 6.52. The fourth-order valence-corrected chi connectivity index (χ4v) is 1.89. The third kappa shape index (κ3) is 4.50. The second-order valence-electron chi connectivity index (χ2n) is 4.52. The minimum absolute atomic E-state index is 0.733. The molecule has 0 amide bonds. The first-order valence-corrected chi connectivity index (χ1v) is 5.55. The second kappa shape index (κ2) is 6.69. The summed E-state index contributed by atoms with van der Waals surface area (Å²) in [6.45, 7) is 15.0. The van der Waals surface area contributed by atoms with E-state index in [1.807, 2.05) is 0 Å². The van der Waals surface area contributed by atoms with Gasteiger partial charge in [-0.25, -0.2) is 0 Å². The topological polar surface area (TPSA) is 12.0 Å². The van der Waals surface area contributed by atoms with Gasteiger partial charge in [-0.1, -0.05) is 40.3 Å². The lowest BCUT2D eigenvalue weighted by Crippen LogP contribution is -2.19. The molecule has 0 unspecified atom stereocenters. The summed E-state index contributed by atoms with van der Waals surface area (Å²) in [5.74, 6) is 2.21. The zero-order valence-electron chi connectivity index (χ0n) is 10.3. The molecule has 0 saturated carbocycles. The van der Waals surface area contributed by atoms with Gasteiger partial charge in [-0.15, -0.1) is 0 Å². The van der Waals surface area contributed by atoms with Crippen molar-refractivity contribution >= 4 is 0 Å². The Morgan fingerprint density at radius 1 is 1.21 bits per heavy atom. The van der Waals surface area contributed by atoms with Crippen molar-refractivity contribution in [3.63, 3.8) is 0 Å². The Morgan fingerprint density at radius 2 is 1.71 bits per heavy atom. The molecular weight excluding hydrogens is 170 g/mol. The minimum atomic E-state index is 0.733. The molecular formula is C13H25N. The molecule has 0 fully saturated rings. The molecule has 0 aliphatic rings. The van der Waals surface area contributed by atoms with E-state index in [-0.39, 0.29) is 0 Å². The first-order valence-electron chi connectivity index (χ1n) is 5.55. The molecule has 0 heterocycles. The highest BCUT2D eigenvalue weighted by Crippen LogP contribution is 2.26. The normalized spacial score (nSPS) is 12.7. The van der Waals surface area contributed by atoms with Crippen molar-refractivity contribution in [2.75, 3.05) is 0 Å². The summed E-state index contributed by atoms with van der Waals surface area (Å²) >= 11 is 0. The highest BCUT2D eigenvalue weighted by molar-refractivity contribution is 5.02. The Kier molecular flexibility index (Phi) is 6.35. The van der Waals surface area contributed by atoms with Crippen LogP contribution in [0.5, 0.6) is 0 Å². The Balaban J connectivity index is 4.34. The third-order valence-corrected chi connectivity index (χ3v) is 2.80. The predicted molar refractivity (Wildman–Crippen MR) is 64.9 cm³/mol. The molecule has 1 nitrogen and oxygen atoms in total. The van der Waals surface area contributed by atoms with Gasteiger partial charge in [0.2, 0.25) is 0 Å². The maximum Gasteiger partial charge on any atom is 0.0106 e. The summed E-state index contributed by atoms with van der Waals surface area (Å²) in [6.07, 6.45) is 5.02. The molecule has 0 aromatic rings. The van der Waals surface area contributed by atoms with Crippen LogP contribution in [-0.4, -0.2) is 0 Å². The molecule has 82 valence electrons. The molecule has 0 bridgehead atoms. The predicted octanol–water partition coefficient (Wildman–Crippen LogP) is 3.94. The van der Waals surface area contributed by atoms with Crippen LogP contribution in [0.2, 0.25) is 0 Å². The Hall–Kier alpha value is -0.720. The van der Waals surface area contributed by atoms with Crippen LogP contribution < -0.4 is 5.32 Å². The van der Waals surface area contributed by atoms with E-state index in [4.69, 9.17) is 0 Å². The Labute approximate surface area is 89.3 Å². The molecule has 1 heteroatoms. The van der Waals surface area contributed by atoms with Gasteiger partial charge in [-0.05, 0) is 37.3 Å². The number of hydrogen-bond donors (Lipinski definition) is 1. The Morgan fingerprint density at radius 3 is 2.00 bits per heavy atom. The summed E-state index contributed by atoms with van der Waals surface area (Å²) in [5, 5.41) is 3.20. The molecule has 0 atom stereocenters. The van der Waals surface area contributed by atoms with Gasteiger partial charge in [0, 0.05) is 5.70 Å². The van der Waals surface area contributed by atoms with Crippen LogP contribution in [0, 0.1) is 17.8 Å². The molecule has 0 aliphatic heterocycles. The van der Waals surface area contributed by atoms with E-state index in [2.05, 4.69) is 52.6 Å². The molecule has 0 rings (SSSR count). The quantitative estimate of drug-likeness (QED) is 0.677. The molecule has 0 aromatic heterocycles. The minimum Gasteiger partial charge on any atom is -0.366 e. The van der Waals surface area contributed by atoms with Gasteiger partial charge in [0.05, 0.1) is 0 Å². The van der Waals surface area contributed by atoms with Crippen molar-refractivity contribution in [1.29, 1.82) is 0 Å². The smallest absolute Gasteiger partial charge is 0.0106 e. The van der Waals surface area contributed by atoms with Gasteiger partial charge in [0.15, 0.2) is 0 Å². The van der Waals surface area contributed by atoms with Crippen molar-refractivity contribution in [3.8, 4) is 0 Å². The largest absolute Gasteiger partial charge is 0.366 e. The standard InChI is InChI=1S/C13H25N/c1-7-12(14-8-2)9-13(10(3)4)11(5)6/h7-8,10-11,13-14H,2,9H2,1,3-6H3/b12-7-. The van der Waals surface area contributed by atoms with Gasteiger partial charge in [0.25, 0.3) is 0 Å². The highest BCUT2D eigenvalue weighted by Gasteiger charge is 2.18. The third-order valence-electron chi connectivity index (χ3n) is 2.80. The maximum atomic E-state index is 3.69. The Bertz CT molecular complexity index is 181. The summed E-state index contributed by atoms with van der Waals surface area (Å²) in [7, 11) is 0. The zero-order valence-corrected chi connectivity index (χ0v) is 10.3. The summed E-state index contributed by atoms with van der Waals surface area (Å²) < 4.78 is 0. The second-order valence-corrected chi connectivity index (χ2v) is 4.52. The molecule has 14 heavy (non-hydrogen) atoms. The van der Waals surface area contributed by atoms with Gasteiger partial charge < -0.3 is 5.32 Å². The van der Waals surface area contributed by atoms with Crippen molar-refractivity contribution in [1.82, 2.24) is 5.32 Å². The van der Waals surface area contributed by atoms with Crippen LogP contribution >= 0.6 is 0 Å². The zero-order chi connectivity index (χ0) is 11.1. The summed E-state index contributed by atoms with van der Waals surface area (Å²) in [6, 6.07) is 0. The van der Waals surface area contributed by atoms with E-state index in [9.17, 15) is 0 Å². The first kappa shape index (κ1) is 13.3. The molecule has 1 N–H and O–H groups in total. The van der Waals surface area contributed by atoms with Crippen molar-refractivity contribution < 1.29 is 0 Å². The molecule has 0 spiro atoms. The van der Waals surface area contributed by atoms with Crippen molar-refractivity contribution in [2.45, 2.75) is 41.0 Å². The maximum absolute atomic E-state index is 3.69. The average Bonchev–Trinajstić information content (AvgIpc) is 2.10. The van der Waals surface area contributed by atoms with Crippen LogP contribution in [0.4, 0.5) is 0 Å². The van der Waals surface area contributed by atoms with E-state index in [0.717, 1.165) is 24.2 Å². The van der Waals surface area contributed by atoms with E-state index < -0.39 is 0 Å². The molecule has 0 aromatic carbocycles. The molecule has 0 aliphatic carbocycles. The van der Waals surface area contributed by atoms with Gasteiger partial charge in [-0.2, -0.15) is 0 Å². The molecule has 0 radical (unpaired) electrons. The lowest BCUT2D eigenvalue weighted by Gasteiger charge is -2.26. The average molecular weight is 195 g/mol. The fourth-order valence-electron chi connectivity index (χ4n) is 1.89. The molecule has 0 saturated heterocycles. The number of rotatable bonds is 6. The highest BCUT2D eigenvalue weighted by atomic mass is 14.8. The van der Waals surface area contributed by atoms with Crippen LogP contribution in [0.3, 0.4) is 0 Å². The van der Waals surface area contributed by atoms with Crippen LogP contribution in [0.1, 0.15) is 41.0 Å². The van der Waals surface area contributed by atoms with E-state index in [0.29, 0.717) is 0 Å². The van der Waals surface area contributed by atoms with Crippen LogP contribution in [0.15, 0.2) is 24.6 Å². The van der Waals surface area contributed by atoms with Crippen LogP contribution in [0.25, 0.3) is 0 Å². The summed E-state index contributed by atoms with van der Waals surface area (Å²) in [5.41, 5.74) is 1.28. The van der Waals surface area contributed by atoms with E-state index >= 15 is 0 Å².